The highest BCUT2D eigenvalue weighted by molar-refractivity contribution is 6.35. The number of piperazine rings is 1. The first-order chi connectivity index (χ1) is 11.9. The minimum Gasteiger partial charge on any atom is -0.357 e. The average molecular weight is 386 g/mol. The summed E-state index contributed by atoms with van der Waals surface area (Å²) in [5.74, 6) is 0.808. The van der Waals surface area contributed by atoms with Crippen molar-refractivity contribution in [3.63, 3.8) is 0 Å². The highest BCUT2D eigenvalue weighted by Gasteiger charge is 2.22. The van der Waals surface area contributed by atoms with E-state index in [0.717, 1.165) is 44.2 Å². The fourth-order valence-corrected chi connectivity index (χ4v) is 3.52. The molecule has 140 valence electrons. The van der Waals surface area contributed by atoms with Crippen LogP contribution in [0.1, 0.15) is 25.5 Å². The van der Waals surface area contributed by atoms with Gasteiger partial charge >= 0.3 is 0 Å². The van der Waals surface area contributed by atoms with Gasteiger partial charge in [0.1, 0.15) is 0 Å². The van der Waals surface area contributed by atoms with Crippen LogP contribution in [0.5, 0.6) is 0 Å². The van der Waals surface area contributed by atoms with Gasteiger partial charge in [-0.05, 0) is 45.6 Å². The Bertz CT molecular complexity index is 593. The van der Waals surface area contributed by atoms with E-state index in [2.05, 4.69) is 48.4 Å². The van der Waals surface area contributed by atoms with Gasteiger partial charge < -0.3 is 15.5 Å². The van der Waals surface area contributed by atoms with Crippen LogP contribution in [-0.4, -0.2) is 68.6 Å². The van der Waals surface area contributed by atoms with E-state index >= 15 is 0 Å². The summed E-state index contributed by atoms with van der Waals surface area (Å²) in [5.41, 5.74) is 1.01. The van der Waals surface area contributed by atoms with Crippen LogP contribution in [0, 0.1) is 0 Å². The quantitative estimate of drug-likeness (QED) is 0.603. The van der Waals surface area contributed by atoms with Gasteiger partial charge in [-0.3, -0.25) is 9.89 Å². The van der Waals surface area contributed by atoms with E-state index in [1.165, 1.54) is 0 Å². The molecule has 0 spiro atoms. The first kappa shape index (κ1) is 20.3. The molecule has 1 aliphatic heterocycles. The number of hydrogen-bond donors (Lipinski definition) is 2. The van der Waals surface area contributed by atoms with Crippen LogP contribution < -0.4 is 10.6 Å². The lowest BCUT2D eigenvalue weighted by Crippen LogP contribution is -2.51. The van der Waals surface area contributed by atoms with Crippen molar-refractivity contribution in [2.45, 2.75) is 25.9 Å². The molecule has 2 atom stereocenters. The Morgan fingerprint density at radius 2 is 2.08 bits per heavy atom. The summed E-state index contributed by atoms with van der Waals surface area (Å²) in [4.78, 5) is 9.53. The molecule has 1 aromatic rings. The minimum absolute atomic E-state index is 0.0364. The molecule has 25 heavy (non-hydrogen) atoms. The van der Waals surface area contributed by atoms with Crippen LogP contribution in [-0.2, 0) is 0 Å². The number of nitrogens with zero attached hydrogens (tertiary/aromatic N) is 3. The third-order valence-electron chi connectivity index (χ3n) is 4.57. The number of aliphatic imine (C=N–C) groups is 1. The maximum Gasteiger partial charge on any atom is 0.191 e. The van der Waals surface area contributed by atoms with Gasteiger partial charge in [-0.1, -0.05) is 29.3 Å². The molecule has 0 amide bonds. The van der Waals surface area contributed by atoms with E-state index in [9.17, 15) is 0 Å². The van der Waals surface area contributed by atoms with Gasteiger partial charge in [0.05, 0.1) is 12.6 Å². The lowest BCUT2D eigenvalue weighted by atomic mass is 10.1. The van der Waals surface area contributed by atoms with E-state index in [0.29, 0.717) is 16.1 Å². The van der Waals surface area contributed by atoms with Crippen LogP contribution >= 0.6 is 23.2 Å². The fraction of sp³-hybridized carbons (Fsp3) is 0.611. The van der Waals surface area contributed by atoms with Crippen molar-refractivity contribution in [1.82, 2.24) is 20.4 Å². The van der Waals surface area contributed by atoms with Crippen molar-refractivity contribution in [3.05, 3.63) is 33.8 Å². The summed E-state index contributed by atoms with van der Waals surface area (Å²) >= 11 is 12.3. The first-order valence-corrected chi connectivity index (χ1v) is 9.54. The first-order valence-electron chi connectivity index (χ1n) is 8.79. The Labute approximate surface area is 161 Å². The van der Waals surface area contributed by atoms with Crippen LogP contribution in [0.4, 0.5) is 0 Å². The molecule has 7 heteroatoms. The fourth-order valence-electron chi connectivity index (χ4n) is 2.95. The minimum atomic E-state index is 0.0364. The van der Waals surface area contributed by atoms with Crippen molar-refractivity contribution in [1.29, 1.82) is 0 Å². The largest absolute Gasteiger partial charge is 0.357 e. The molecule has 2 unspecified atom stereocenters. The lowest BCUT2D eigenvalue weighted by Gasteiger charge is -2.37. The van der Waals surface area contributed by atoms with Crippen molar-refractivity contribution in [2.75, 3.05) is 46.8 Å². The summed E-state index contributed by atoms with van der Waals surface area (Å²) in [7, 11) is 4.33. The summed E-state index contributed by atoms with van der Waals surface area (Å²) in [6.45, 7) is 8.95. The molecular weight excluding hydrogens is 357 g/mol. The zero-order valence-corrected chi connectivity index (χ0v) is 17.0. The van der Waals surface area contributed by atoms with Gasteiger partial charge in [-0.2, -0.15) is 0 Å². The third kappa shape index (κ3) is 6.03. The van der Waals surface area contributed by atoms with Crippen LogP contribution in [0.2, 0.25) is 10.0 Å². The highest BCUT2D eigenvalue weighted by atomic mass is 35.5. The summed E-state index contributed by atoms with van der Waals surface area (Å²) in [6.07, 6.45) is 0. The van der Waals surface area contributed by atoms with Gasteiger partial charge in [-0.25, -0.2) is 0 Å². The molecule has 0 aromatic heterocycles. The number of benzene rings is 1. The molecule has 0 aliphatic carbocycles. The molecule has 1 aliphatic rings. The Hall–Kier alpha value is -1.01. The standard InChI is InChI=1S/C18H29Cl2N5/c1-5-21-18(22-11-15-12-24(3)8-9-25(15)4)23-13(2)16-7-6-14(19)10-17(16)20/h6-7,10,13,15H,5,8-9,11-12H2,1-4H3,(H2,21,22,23). The summed E-state index contributed by atoms with van der Waals surface area (Å²) in [5, 5.41) is 8.07. The number of halogens is 2. The predicted molar refractivity (Wildman–Crippen MR) is 108 cm³/mol. The maximum absolute atomic E-state index is 6.32. The van der Waals surface area contributed by atoms with Crippen LogP contribution in [0.3, 0.4) is 0 Å². The van der Waals surface area contributed by atoms with Gasteiger partial charge in [0.15, 0.2) is 5.96 Å². The monoisotopic (exact) mass is 385 g/mol. The molecule has 2 N–H and O–H groups in total. The zero-order chi connectivity index (χ0) is 18.4. The number of rotatable bonds is 5. The number of nitrogens with one attached hydrogen (secondary N) is 2. The summed E-state index contributed by atoms with van der Waals surface area (Å²) in [6, 6.07) is 6.05. The Morgan fingerprint density at radius 3 is 2.76 bits per heavy atom. The van der Waals surface area contributed by atoms with Crippen molar-refractivity contribution in [2.24, 2.45) is 4.99 Å². The second kappa shape index (κ2) is 9.62. The normalized spacial score (nSPS) is 21.2. The van der Waals surface area contributed by atoms with E-state index in [4.69, 9.17) is 28.2 Å². The molecule has 0 bridgehead atoms. The maximum atomic E-state index is 6.32. The SMILES string of the molecule is CCNC(=NCC1CN(C)CCN1C)NC(C)c1ccc(Cl)cc1Cl. The van der Waals surface area contributed by atoms with Crippen molar-refractivity contribution < 1.29 is 0 Å². The van der Waals surface area contributed by atoms with Crippen LogP contribution in [0.15, 0.2) is 23.2 Å². The molecule has 1 heterocycles. The molecule has 0 saturated carbocycles. The Kier molecular flexibility index (Phi) is 7.81. The molecular formula is C18H29Cl2N5. The van der Waals surface area contributed by atoms with Crippen molar-refractivity contribution >= 4 is 29.2 Å². The van der Waals surface area contributed by atoms with Gasteiger partial charge in [0.25, 0.3) is 0 Å². The van der Waals surface area contributed by atoms with E-state index in [1.807, 2.05) is 12.1 Å². The van der Waals surface area contributed by atoms with Crippen LogP contribution in [0.25, 0.3) is 0 Å². The number of likely N-dealkylation sites (N-methyl/N-ethyl adjacent to an activating group) is 2. The third-order valence-corrected chi connectivity index (χ3v) is 5.13. The second-order valence-corrected chi connectivity index (χ2v) is 7.49. The molecule has 1 fully saturated rings. The predicted octanol–water partition coefficient (Wildman–Crippen LogP) is 2.86. The molecule has 2 rings (SSSR count). The molecule has 0 radical (unpaired) electrons. The van der Waals surface area contributed by atoms with Gasteiger partial charge in [-0.15, -0.1) is 0 Å². The van der Waals surface area contributed by atoms with Gasteiger partial charge in [0.2, 0.25) is 0 Å². The molecule has 5 nitrogen and oxygen atoms in total. The average Bonchev–Trinajstić information content (AvgIpc) is 2.55. The number of guanidine groups is 1. The van der Waals surface area contributed by atoms with E-state index in [1.54, 1.807) is 6.07 Å². The Balaban J connectivity index is 2.03. The van der Waals surface area contributed by atoms with Gasteiger partial charge in [0, 0.05) is 42.3 Å². The number of hydrogen-bond acceptors (Lipinski definition) is 3. The smallest absolute Gasteiger partial charge is 0.191 e. The highest BCUT2D eigenvalue weighted by Crippen LogP contribution is 2.26. The second-order valence-electron chi connectivity index (χ2n) is 6.65. The van der Waals surface area contributed by atoms with E-state index < -0.39 is 0 Å². The molecule has 1 saturated heterocycles. The van der Waals surface area contributed by atoms with Crippen molar-refractivity contribution in [3.8, 4) is 0 Å². The van der Waals surface area contributed by atoms with E-state index in [-0.39, 0.29) is 6.04 Å². The zero-order valence-electron chi connectivity index (χ0n) is 15.5. The lowest BCUT2D eigenvalue weighted by molar-refractivity contribution is 0.119. The summed E-state index contributed by atoms with van der Waals surface area (Å²) < 4.78 is 0. The topological polar surface area (TPSA) is 42.9 Å². The Morgan fingerprint density at radius 1 is 1.32 bits per heavy atom. The molecule has 1 aromatic carbocycles.